The van der Waals surface area contributed by atoms with Gasteiger partial charge in [-0.1, -0.05) is 44.2 Å². The van der Waals surface area contributed by atoms with Crippen molar-refractivity contribution in [3.63, 3.8) is 0 Å². The van der Waals surface area contributed by atoms with E-state index in [0.717, 1.165) is 11.1 Å². The highest BCUT2D eigenvalue weighted by atomic mass is 16.6. The van der Waals surface area contributed by atoms with E-state index < -0.39 is 29.9 Å². The second-order valence-corrected chi connectivity index (χ2v) is 10.1. The minimum atomic E-state index is -1.16. The van der Waals surface area contributed by atoms with Gasteiger partial charge in [-0.15, -0.1) is 0 Å². The smallest absolute Gasteiger partial charge is 0.407 e. The molecule has 2 heterocycles. The predicted molar refractivity (Wildman–Crippen MR) is 130 cm³/mol. The zero-order valence-corrected chi connectivity index (χ0v) is 20.6. The SMILES string of the molecule is CC(C)C1NC([C@H](O)[C@H](Cc2ccccc2)NC(=O)OC(C)(C)C)C(=O)N1Cc1ccncc1. The molecule has 0 spiro atoms. The summed E-state index contributed by atoms with van der Waals surface area (Å²) >= 11 is 0. The number of rotatable bonds is 8. The molecule has 34 heavy (non-hydrogen) atoms. The van der Waals surface area contributed by atoms with Gasteiger partial charge in [-0.2, -0.15) is 0 Å². The van der Waals surface area contributed by atoms with Crippen LogP contribution in [0.4, 0.5) is 4.79 Å². The number of pyridine rings is 1. The lowest BCUT2D eigenvalue weighted by atomic mass is 9.96. The van der Waals surface area contributed by atoms with Crippen LogP contribution in [0.3, 0.4) is 0 Å². The topological polar surface area (TPSA) is 104 Å². The van der Waals surface area contributed by atoms with Gasteiger partial charge in [0.2, 0.25) is 5.91 Å². The van der Waals surface area contributed by atoms with Crippen LogP contribution < -0.4 is 10.6 Å². The molecule has 0 radical (unpaired) electrons. The van der Waals surface area contributed by atoms with Crippen LogP contribution >= 0.6 is 0 Å². The molecule has 4 atom stereocenters. The van der Waals surface area contributed by atoms with E-state index in [1.54, 1.807) is 38.1 Å². The molecule has 8 heteroatoms. The Balaban J connectivity index is 1.82. The lowest BCUT2D eigenvalue weighted by Gasteiger charge is -2.29. The normalized spacial score (nSPS) is 20.3. The van der Waals surface area contributed by atoms with Gasteiger partial charge in [0.05, 0.1) is 18.3 Å². The molecule has 1 aromatic carbocycles. The summed E-state index contributed by atoms with van der Waals surface area (Å²) in [7, 11) is 0. The summed E-state index contributed by atoms with van der Waals surface area (Å²) in [6, 6.07) is 11.7. The molecule has 0 aliphatic carbocycles. The Morgan fingerprint density at radius 2 is 1.79 bits per heavy atom. The first-order valence-corrected chi connectivity index (χ1v) is 11.7. The van der Waals surface area contributed by atoms with E-state index in [4.69, 9.17) is 4.74 Å². The second-order valence-electron chi connectivity index (χ2n) is 10.1. The van der Waals surface area contributed by atoms with Gasteiger partial charge in [0.1, 0.15) is 11.6 Å². The Morgan fingerprint density at radius 1 is 1.15 bits per heavy atom. The van der Waals surface area contributed by atoms with Crippen molar-refractivity contribution in [1.82, 2.24) is 20.5 Å². The van der Waals surface area contributed by atoms with Gasteiger partial charge in [-0.3, -0.25) is 15.1 Å². The number of hydrogen-bond donors (Lipinski definition) is 3. The molecule has 1 aliphatic heterocycles. The molecule has 2 unspecified atom stereocenters. The standard InChI is InChI=1S/C26H36N4O4/c1-17(2)23-29-21(24(32)30(23)16-19-11-13-27-14-12-19)22(31)20(15-18-9-7-6-8-10-18)28-25(33)34-26(3,4)5/h6-14,17,20-23,29,31H,15-16H2,1-5H3,(H,28,33)/t20-,21?,22+,23?/m0/s1. The fraction of sp³-hybridized carbons (Fsp3) is 0.500. The maximum atomic E-state index is 13.5. The fourth-order valence-electron chi connectivity index (χ4n) is 4.14. The molecule has 0 saturated carbocycles. The Bertz CT molecular complexity index is 946. The quantitative estimate of drug-likeness (QED) is 0.550. The monoisotopic (exact) mass is 468 g/mol. The maximum Gasteiger partial charge on any atom is 0.407 e. The van der Waals surface area contributed by atoms with Gasteiger partial charge in [0, 0.05) is 18.9 Å². The van der Waals surface area contributed by atoms with Crippen LogP contribution in [0.15, 0.2) is 54.9 Å². The minimum absolute atomic E-state index is 0.120. The summed E-state index contributed by atoms with van der Waals surface area (Å²) in [5.74, 6) is -0.0820. The lowest BCUT2D eigenvalue weighted by Crippen LogP contribution is -2.55. The summed E-state index contributed by atoms with van der Waals surface area (Å²) in [4.78, 5) is 31.8. The molecule has 8 nitrogen and oxygen atoms in total. The molecule has 0 bridgehead atoms. The highest BCUT2D eigenvalue weighted by Crippen LogP contribution is 2.24. The number of benzene rings is 1. The van der Waals surface area contributed by atoms with Crippen LogP contribution in [-0.4, -0.2) is 56.9 Å². The van der Waals surface area contributed by atoms with Crippen molar-refractivity contribution in [3.8, 4) is 0 Å². The van der Waals surface area contributed by atoms with Crippen molar-refractivity contribution in [2.75, 3.05) is 0 Å². The largest absolute Gasteiger partial charge is 0.444 e. The second kappa shape index (κ2) is 11.0. The van der Waals surface area contributed by atoms with Crippen LogP contribution in [0.1, 0.15) is 45.7 Å². The molecule has 1 fully saturated rings. The summed E-state index contributed by atoms with van der Waals surface area (Å²) in [5.41, 5.74) is 1.21. The average Bonchev–Trinajstić information content (AvgIpc) is 3.09. The van der Waals surface area contributed by atoms with E-state index in [1.807, 2.05) is 56.3 Å². The molecule has 1 saturated heterocycles. The third-order valence-corrected chi connectivity index (χ3v) is 5.72. The van der Waals surface area contributed by atoms with Crippen LogP contribution in [-0.2, 0) is 22.5 Å². The molecule has 2 amide bonds. The number of nitrogens with one attached hydrogen (secondary N) is 2. The number of amides is 2. The molecule has 184 valence electrons. The molecule has 1 aliphatic rings. The zero-order chi connectivity index (χ0) is 24.9. The summed E-state index contributed by atoms with van der Waals surface area (Å²) < 4.78 is 5.42. The number of aliphatic hydroxyl groups excluding tert-OH is 1. The van der Waals surface area contributed by atoms with Crippen molar-refractivity contribution in [2.45, 2.75) is 77.5 Å². The number of aromatic nitrogens is 1. The summed E-state index contributed by atoms with van der Waals surface area (Å²) in [6.07, 6.45) is 1.69. The van der Waals surface area contributed by atoms with Crippen molar-refractivity contribution >= 4 is 12.0 Å². The third-order valence-electron chi connectivity index (χ3n) is 5.72. The Morgan fingerprint density at radius 3 is 2.38 bits per heavy atom. The van der Waals surface area contributed by atoms with E-state index in [1.165, 1.54) is 0 Å². The lowest BCUT2D eigenvalue weighted by molar-refractivity contribution is -0.133. The Kier molecular flexibility index (Phi) is 8.28. The predicted octanol–water partition coefficient (Wildman–Crippen LogP) is 2.86. The van der Waals surface area contributed by atoms with Crippen molar-refractivity contribution in [3.05, 3.63) is 66.0 Å². The van der Waals surface area contributed by atoms with Gasteiger partial charge >= 0.3 is 6.09 Å². The van der Waals surface area contributed by atoms with E-state index >= 15 is 0 Å². The van der Waals surface area contributed by atoms with Gasteiger partial charge < -0.3 is 20.1 Å². The van der Waals surface area contributed by atoms with Crippen LogP contribution in [0.2, 0.25) is 0 Å². The van der Waals surface area contributed by atoms with Crippen LogP contribution in [0.25, 0.3) is 0 Å². The van der Waals surface area contributed by atoms with E-state index in [0.29, 0.717) is 13.0 Å². The van der Waals surface area contributed by atoms with Crippen molar-refractivity contribution < 1.29 is 19.4 Å². The van der Waals surface area contributed by atoms with Gasteiger partial charge in [-0.25, -0.2) is 4.79 Å². The first-order chi connectivity index (χ1) is 16.0. The highest BCUT2D eigenvalue weighted by molar-refractivity contribution is 5.85. The summed E-state index contributed by atoms with van der Waals surface area (Å²) in [6.45, 7) is 9.80. The van der Waals surface area contributed by atoms with Crippen molar-refractivity contribution in [1.29, 1.82) is 0 Å². The molecule has 3 rings (SSSR count). The number of aliphatic hydroxyl groups is 1. The first-order valence-electron chi connectivity index (χ1n) is 11.7. The van der Waals surface area contributed by atoms with Gasteiger partial charge in [-0.05, 0) is 56.4 Å². The van der Waals surface area contributed by atoms with E-state index in [2.05, 4.69) is 15.6 Å². The van der Waals surface area contributed by atoms with E-state index in [-0.39, 0.29) is 18.0 Å². The molecule has 2 aromatic rings. The third kappa shape index (κ3) is 6.77. The number of carbonyl (C=O) groups is 2. The van der Waals surface area contributed by atoms with E-state index in [9.17, 15) is 14.7 Å². The van der Waals surface area contributed by atoms with Gasteiger partial charge in [0.25, 0.3) is 0 Å². The summed E-state index contributed by atoms with van der Waals surface area (Å²) in [5, 5.41) is 17.5. The van der Waals surface area contributed by atoms with Crippen LogP contribution in [0, 0.1) is 5.92 Å². The van der Waals surface area contributed by atoms with Crippen LogP contribution in [0.5, 0.6) is 0 Å². The Hall–Kier alpha value is -2.97. The average molecular weight is 469 g/mol. The number of nitrogens with zero attached hydrogens (tertiary/aromatic N) is 2. The fourth-order valence-corrected chi connectivity index (χ4v) is 4.14. The number of hydrogen-bond acceptors (Lipinski definition) is 6. The number of ether oxygens (including phenoxy) is 1. The zero-order valence-electron chi connectivity index (χ0n) is 20.6. The maximum absolute atomic E-state index is 13.5. The van der Waals surface area contributed by atoms with Crippen molar-refractivity contribution in [2.24, 2.45) is 5.92 Å². The molecule has 3 N–H and O–H groups in total. The molecular formula is C26H36N4O4. The Labute approximate surface area is 201 Å². The number of alkyl carbamates (subject to hydrolysis) is 1. The molecular weight excluding hydrogens is 432 g/mol. The highest BCUT2D eigenvalue weighted by Gasteiger charge is 2.46. The van der Waals surface area contributed by atoms with Gasteiger partial charge in [0.15, 0.2) is 0 Å². The molecule has 1 aromatic heterocycles. The number of carbonyl (C=O) groups excluding carboxylic acids is 2. The first kappa shape index (κ1) is 25.6. The minimum Gasteiger partial charge on any atom is -0.444 e.